The van der Waals surface area contributed by atoms with Crippen molar-refractivity contribution >= 4 is 55.6 Å². The summed E-state index contributed by atoms with van der Waals surface area (Å²) < 4.78 is 26.3. The zero-order valence-corrected chi connectivity index (χ0v) is 21.0. The average molecular weight is 532 g/mol. The standard InChI is InChI=1S/C22H18ClN5O3S3/c1-14-6-5-9-16(10-14)13-34(30,31)21-24-11-17(23)18(25-21)19(29)26-20-27-28-22(33-20)32-12-15-7-3-2-4-8-15/h2-11H,12-13H2,1H3,(H,26,27,29). The molecule has 0 fully saturated rings. The minimum absolute atomic E-state index is 0.0739. The van der Waals surface area contributed by atoms with E-state index >= 15 is 0 Å². The van der Waals surface area contributed by atoms with Crippen molar-refractivity contribution in [2.75, 3.05) is 5.32 Å². The number of carbonyl (C=O) groups is 1. The summed E-state index contributed by atoms with van der Waals surface area (Å²) in [5.74, 6) is -0.283. The number of hydrogen-bond acceptors (Lipinski definition) is 9. The number of nitrogens with one attached hydrogen (secondary N) is 1. The SMILES string of the molecule is Cc1cccc(CS(=O)(=O)c2ncc(Cl)c(C(=O)Nc3nnc(SCc4ccccc4)s3)n2)c1. The second-order valence-electron chi connectivity index (χ2n) is 7.20. The van der Waals surface area contributed by atoms with Crippen molar-refractivity contribution in [2.45, 2.75) is 27.9 Å². The second-order valence-corrected chi connectivity index (χ2v) is 11.7. The van der Waals surface area contributed by atoms with Crippen LogP contribution in [0.4, 0.5) is 5.13 Å². The first kappa shape index (κ1) is 24.3. The van der Waals surface area contributed by atoms with Crippen LogP contribution in [-0.4, -0.2) is 34.5 Å². The van der Waals surface area contributed by atoms with E-state index in [9.17, 15) is 13.2 Å². The van der Waals surface area contributed by atoms with Crippen molar-refractivity contribution in [1.82, 2.24) is 20.2 Å². The Morgan fingerprint density at radius 3 is 2.62 bits per heavy atom. The maximum absolute atomic E-state index is 12.8. The normalized spacial score (nSPS) is 11.4. The number of hydrogen-bond donors (Lipinski definition) is 1. The lowest BCUT2D eigenvalue weighted by Gasteiger charge is -2.07. The van der Waals surface area contributed by atoms with E-state index in [0.717, 1.165) is 17.3 Å². The summed E-state index contributed by atoms with van der Waals surface area (Å²) in [6.45, 7) is 1.87. The molecule has 1 N–H and O–H groups in total. The highest BCUT2D eigenvalue weighted by molar-refractivity contribution is 8.00. The van der Waals surface area contributed by atoms with Crippen LogP contribution in [0.3, 0.4) is 0 Å². The van der Waals surface area contributed by atoms with Gasteiger partial charge in [0.15, 0.2) is 10.0 Å². The quantitative estimate of drug-likeness (QED) is 0.196. The molecular weight excluding hydrogens is 514 g/mol. The molecule has 0 atom stereocenters. The maximum Gasteiger partial charge on any atom is 0.277 e. The number of benzene rings is 2. The third kappa shape index (κ3) is 6.17. The highest BCUT2D eigenvalue weighted by Gasteiger charge is 2.23. The topological polar surface area (TPSA) is 115 Å². The number of rotatable bonds is 8. The smallest absolute Gasteiger partial charge is 0.277 e. The summed E-state index contributed by atoms with van der Waals surface area (Å²) >= 11 is 8.78. The van der Waals surface area contributed by atoms with E-state index in [0.29, 0.717) is 15.7 Å². The Labute approximate surface area is 209 Å². The molecule has 4 aromatic rings. The zero-order valence-electron chi connectivity index (χ0n) is 17.8. The summed E-state index contributed by atoms with van der Waals surface area (Å²) in [5.41, 5.74) is 2.41. The molecule has 2 heterocycles. The molecule has 0 saturated carbocycles. The molecule has 1 amide bonds. The fourth-order valence-electron chi connectivity index (χ4n) is 2.94. The first-order valence-corrected chi connectivity index (χ1v) is 13.8. The third-order valence-electron chi connectivity index (χ3n) is 4.49. The van der Waals surface area contributed by atoms with Gasteiger partial charge >= 0.3 is 0 Å². The van der Waals surface area contributed by atoms with Gasteiger partial charge in [0.05, 0.1) is 17.0 Å². The lowest BCUT2D eigenvalue weighted by atomic mass is 10.2. The Morgan fingerprint density at radius 2 is 1.85 bits per heavy atom. The van der Waals surface area contributed by atoms with Crippen molar-refractivity contribution < 1.29 is 13.2 Å². The minimum atomic E-state index is -3.89. The van der Waals surface area contributed by atoms with E-state index in [4.69, 9.17) is 11.6 Å². The Hall–Kier alpha value is -2.86. The summed E-state index contributed by atoms with van der Waals surface area (Å²) in [7, 11) is -3.89. The molecule has 2 aromatic heterocycles. The van der Waals surface area contributed by atoms with Crippen LogP contribution < -0.4 is 5.32 Å². The molecule has 0 radical (unpaired) electrons. The van der Waals surface area contributed by atoms with Crippen molar-refractivity contribution in [3.8, 4) is 0 Å². The van der Waals surface area contributed by atoms with Gasteiger partial charge < -0.3 is 0 Å². The molecule has 12 heteroatoms. The largest absolute Gasteiger partial charge is 0.295 e. The third-order valence-corrected chi connectivity index (χ3v) is 8.27. The van der Waals surface area contributed by atoms with Crippen LogP contribution in [0.2, 0.25) is 5.02 Å². The van der Waals surface area contributed by atoms with Gasteiger partial charge in [-0.05, 0) is 18.1 Å². The molecule has 8 nitrogen and oxygen atoms in total. The summed E-state index contributed by atoms with van der Waals surface area (Å²) in [6.07, 6.45) is 1.10. The number of anilines is 1. The summed E-state index contributed by atoms with van der Waals surface area (Å²) in [6, 6.07) is 17.0. The number of aryl methyl sites for hydroxylation is 1. The molecule has 0 aliphatic heterocycles. The molecular formula is C22H18ClN5O3S3. The van der Waals surface area contributed by atoms with E-state index in [-0.39, 0.29) is 21.6 Å². The van der Waals surface area contributed by atoms with E-state index in [1.54, 1.807) is 18.2 Å². The fraction of sp³-hybridized carbons (Fsp3) is 0.136. The Bertz CT molecular complexity index is 1430. The van der Waals surface area contributed by atoms with Crippen molar-refractivity contribution in [3.63, 3.8) is 0 Å². The highest BCUT2D eigenvalue weighted by Crippen LogP contribution is 2.29. The van der Waals surface area contributed by atoms with Gasteiger partial charge in [0.2, 0.25) is 20.1 Å². The summed E-state index contributed by atoms with van der Waals surface area (Å²) in [4.78, 5) is 20.5. The van der Waals surface area contributed by atoms with Gasteiger partial charge in [0.1, 0.15) is 0 Å². The summed E-state index contributed by atoms with van der Waals surface area (Å²) in [5, 5.41) is 10.3. The first-order chi connectivity index (χ1) is 16.3. The molecule has 0 aliphatic carbocycles. The van der Waals surface area contributed by atoms with E-state index in [2.05, 4.69) is 25.5 Å². The van der Waals surface area contributed by atoms with Gasteiger partial charge in [0, 0.05) is 5.75 Å². The number of nitrogens with zero attached hydrogens (tertiary/aromatic N) is 4. The van der Waals surface area contributed by atoms with E-state index < -0.39 is 20.9 Å². The molecule has 174 valence electrons. The Kier molecular flexibility index (Phi) is 7.57. The lowest BCUT2D eigenvalue weighted by molar-refractivity contribution is 0.102. The number of halogens is 1. The van der Waals surface area contributed by atoms with Crippen LogP contribution >= 0.6 is 34.7 Å². The van der Waals surface area contributed by atoms with Crippen LogP contribution in [0.25, 0.3) is 0 Å². The predicted octanol–water partition coefficient (Wildman–Crippen LogP) is 4.81. The number of amides is 1. The van der Waals surface area contributed by atoms with Gasteiger partial charge in [-0.3, -0.25) is 10.1 Å². The zero-order chi connectivity index (χ0) is 24.1. The van der Waals surface area contributed by atoms with Crippen LogP contribution in [0.5, 0.6) is 0 Å². The van der Waals surface area contributed by atoms with Gasteiger partial charge in [-0.1, -0.05) is 94.9 Å². The fourth-order valence-corrected chi connectivity index (χ4v) is 6.01. The van der Waals surface area contributed by atoms with Crippen molar-refractivity contribution in [3.05, 3.63) is 88.2 Å². The maximum atomic E-state index is 12.8. The Balaban J connectivity index is 1.46. The molecule has 34 heavy (non-hydrogen) atoms. The predicted molar refractivity (Wildman–Crippen MR) is 133 cm³/mol. The number of carbonyl (C=O) groups excluding carboxylic acids is 1. The molecule has 4 rings (SSSR count). The molecule has 0 aliphatic rings. The molecule has 0 saturated heterocycles. The van der Waals surface area contributed by atoms with Crippen LogP contribution in [-0.2, 0) is 21.3 Å². The Morgan fingerprint density at radius 1 is 1.09 bits per heavy atom. The monoisotopic (exact) mass is 531 g/mol. The highest BCUT2D eigenvalue weighted by atomic mass is 35.5. The van der Waals surface area contributed by atoms with E-state index in [1.165, 1.54) is 23.1 Å². The van der Waals surface area contributed by atoms with Gasteiger partial charge in [-0.15, -0.1) is 10.2 Å². The van der Waals surface area contributed by atoms with Gasteiger partial charge in [-0.25, -0.2) is 18.4 Å². The van der Waals surface area contributed by atoms with Crippen LogP contribution in [0, 0.1) is 6.92 Å². The van der Waals surface area contributed by atoms with E-state index in [1.807, 2.05) is 43.3 Å². The average Bonchev–Trinajstić information content (AvgIpc) is 3.25. The molecule has 0 unspecified atom stereocenters. The molecule has 0 spiro atoms. The van der Waals surface area contributed by atoms with Gasteiger partial charge in [0.25, 0.3) is 5.91 Å². The minimum Gasteiger partial charge on any atom is -0.295 e. The number of thioether (sulfide) groups is 1. The second kappa shape index (κ2) is 10.6. The van der Waals surface area contributed by atoms with Gasteiger partial charge in [-0.2, -0.15) is 0 Å². The molecule has 2 aromatic carbocycles. The number of aromatic nitrogens is 4. The lowest BCUT2D eigenvalue weighted by Crippen LogP contribution is -2.18. The first-order valence-electron chi connectivity index (χ1n) is 9.92. The van der Waals surface area contributed by atoms with Crippen molar-refractivity contribution in [1.29, 1.82) is 0 Å². The molecule has 0 bridgehead atoms. The number of sulfone groups is 1. The van der Waals surface area contributed by atoms with Crippen LogP contribution in [0.15, 0.2) is 70.3 Å². The van der Waals surface area contributed by atoms with Crippen molar-refractivity contribution in [2.24, 2.45) is 0 Å². The van der Waals surface area contributed by atoms with Crippen LogP contribution in [0.1, 0.15) is 27.2 Å².